The van der Waals surface area contributed by atoms with E-state index in [1.54, 1.807) is 0 Å². The van der Waals surface area contributed by atoms with Gasteiger partial charge in [0.25, 0.3) is 0 Å². The number of hydrogen-bond donors (Lipinski definition) is 2. The molecule has 0 saturated heterocycles. The fourth-order valence-electron chi connectivity index (χ4n) is 2.23. The van der Waals surface area contributed by atoms with E-state index in [0.29, 0.717) is 6.42 Å². The van der Waals surface area contributed by atoms with E-state index < -0.39 is 0 Å². The van der Waals surface area contributed by atoms with Crippen molar-refractivity contribution in [3.05, 3.63) is 29.3 Å². The van der Waals surface area contributed by atoms with Crippen LogP contribution in [0.25, 0.3) is 0 Å². The van der Waals surface area contributed by atoms with Crippen molar-refractivity contribution in [1.29, 1.82) is 0 Å². The molecule has 1 rings (SSSR count). The first-order chi connectivity index (χ1) is 9.72. The minimum absolute atomic E-state index is 0.101. The number of carbonyl (C=O) groups excluding carboxylic acids is 1. The van der Waals surface area contributed by atoms with E-state index in [4.69, 9.17) is 0 Å². The molecule has 0 saturated carbocycles. The molecule has 1 aromatic rings. The third kappa shape index (κ3) is 5.33. The number of anilines is 1. The Morgan fingerprint density at radius 1 is 1.05 bits per heavy atom. The van der Waals surface area contributed by atoms with Gasteiger partial charge < -0.3 is 10.6 Å². The number of amides is 1. The number of para-hydroxylation sites is 1. The van der Waals surface area contributed by atoms with Crippen molar-refractivity contribution in [3.63, 3.8) is 0 Å². The van der Waals surface area contributed by atoms with Crippen LogP contribution in [0.5, 0.6) is 0 Å². The minimum atomic E-state index is 0.101. The molecule has 0 aromatic heterocycles. The molecule has 112 valence electrons. The van der Waals surface area contributed by atoms with Gasteiger partial charge in [0.1, 0.15) is 0 Å². The molecule has 3 heteroatoms. The van der Waals surface area contributed by atoms with Crippen molar-refractivity contribution in [2.45, 2.75) is 52.9 Å². The molecular weight excluding hydrogens is 248 g/mol. The predicted octanol–water partition coefficient (Wildman–Crippen LogP) is 3.53. The lowest BCUT2D eigenvalue weighted by Crippen LogP contribution is -2.23. The van der Waals surface area contributed by atoms with Crippen molar-refractivity contribution in [2.24, 2.45) is 0 Å². The smallest absolute Gasteiger partial charge is 0.225 e. The Morgan fingerprint density at radius 2 is 1.70 bits per heavy atom. The Balaban J connectivity index is 2.52. The number of hydrogen-bond acceptors (Lipinski definition) is 2. The van der Waals surface area contributed by atoms with Gasteiger partial charge in [0.2, 0.25) is 5.91 Å². The highest BCUT2D eigenvalue weighted by Gasteiger charge is 2.09. The molecule has 0 bridgehead atoms. The summed E-state index contributed by atoms with van der Waals surface area (Å²) in [4.78, 5) is 12.0. The second kappa shape index (κ2) is 9.54. The molecule has 0 radical (unpaired) electrons. The molecule has 0 fully saturated rings. The van der Waals surface area contributed by atoms with Gasteiger partial charge in [-0.15, -0.1) is 0 Å². The number of nitrogens with one attached hydrogen (secondary N) is 2. The molecule has 0 aliphatic heterocycles. The number of carbonyl (C=O) groups is 1. The lowest BCUT2D eigenvalue weighted by atomic mass is 10.0. The Labute approximate surface area is 123 Å². The van der Waals surface area contributed by atoms with Gasteiger partial charge in [0, 0.05) is 18.7 Å². The van der Waals surface area contributed by atoms with Gasteiger partial charge in [-0.3, -0.25) is 4.79 Å². The van der Waals surface area contributed by atoms with Crippen LogP contribution in [0, 0.1) is 0 Å². The minimum Gasteiger partial charge on any atom is -0.326 e. The van der Waals surface area contributed by atoms with Crippen LogP contribution in [-0.4, -0.2) is 19.0 Å². The van der Waals surface area contributed by atoms with Crippen LogP contribution in [0.4, 0.5) is 5.69 Å². The van der Waals surface area contributed by atoms with E-state index in [1.165, 1.54) is 24.0 Å². The van der Waals surface area contributed by atoms with Gasteiger partial charge in [-0.1, -0.05) is 45.4 Å². The molecule has 0 heterocycles. The summed E-state index contributed by atoms with van der Waals surface area (Å²) in [6, 6.07) is 6.25. The highest BCUT2D eigenvalue weighted by molar-refractivity contribution is 5.92. The van der Waals surface area contributed by atoms with E-state index in [1.807, 2.05) is 0 Å². The van der Waals surface area contributed by atoms with Crippen molar-refractivity contribution in [2.75, 3.05) is 18.4 Å². The van der Waals surface area contributed by atoms with Gasteiger partial charge in [0.05, 0.1) is 0 Å². The summed E-state index contributed by atoms with van der Waals surface area (Å²) in [7, 11) is 0. The fraction of sp³-hybridized carbons (Fsp3) is 0.588. The monoisotopic (exact) mass is 276 g/mol. The molecule has 0 aliphatic rings. The summed E-state index contributed by atoms with van der Waals surface area (Å²) in [5.74, 6) is 0.101. The van der Waals surface area contributed by atoms with Gasteiger partial charge >= 0.3 is 0 Å². The van der Waals surface area contributed by atoms with Gasteiger partial charge in [-0.25, -0.2) is 0 Å². The average Bonchev–Trinajstić information content (AvgIpc) is 2.47. The lowest BCUT2D eigenvalue weighted by molar-refractivity contribution is -0.116. The van der Waals surface area contributed by atoms with E-state index in [-0.39, 0.29) is 5.91 Å². The predicted molar refractivity (Wildman–Crippen MR) is 86.2 cm³/mol. The van der Waals surface area contributed by atoms with E-state index >= 15 is 0 Å². The molecule has 0 atom stereocenters. The third-order valence-electron chi connectivity index (χ3n) is 3.50. The van der Waals surface area contributed by atoms with Crippen molar-refractivity contribution in [3.8, 4) is 0 Å². The van der Waals surface area contributed by atoms with Crippen LogP contribution in [0.15, 0.2) is 18.2 Å². The molecular formula is C17H28N2O. The maximum Gasteiger partial charge on any atom is 0.225 e. The Hall–Kier alpha value is -1.35. The first-order valence-corrected chi connectivity index (χ1v) is 7.84. The normalized spacial score (nSPS) is 10.6. The van der Waals surface area contributed by atoms with Crippen LogP contribution in [0.3, 0.4) is 0 Å². The molecule has 1 aromatic carbocycles. The summed E-state index contributed by atoms with van der Waals surface area (Å²) < 4.78 is 0. The maximum absolute atomic E-state index is 12.0. The Bertz CT molecular complexity index is 393. The summed E-state index contributed by atoms with van der Waals surface area (Å²) in [6.45, 7) is 8.16. The number of unbranched alkanes of at least 4 members (excludes halogenated alkanes) is 1. The highest BCUT2D eigenvalue weighted by Crippen LogP contribution is 2.22. The highest BCUT2D eigenvalue weighted by atomic mass is 16.1. The summed E-state index contributed by atoms with van der Waals surface area (Å²) in [5, 5.41) is 6.39. The topological polar surface area (TPSA) is 41.1 Å². The van der Waals surface area contributed by atoms with Crippen molar-refractivity contribution in [1.82, 2.24) is 5.32 Å². The van der Waals surface area contributed by atoms with Crippen molar-refractivity contribution < 1.29 is 4.79 Å². The van der Waals surface area contributed by atoms with Crippen LogP contribution >= 0.6 is 0 Å². The summed E-state index contributed by atoms with van der Waals surface area (Å²) in [6.07, 6.45) is 4.77. The van der Waals surface area contributed by atoms with Crippen LogP contribution in [0.2, 0.25) is 0 Å². The molecule has 0 unspecified atom stereocenters. The number of rotatable bonds is 9. The van der Waals surface area contributed by atoms with Crippen LogP contribution < -0.4 is 10.6 Å². The second-order valence-electron chi connectivity index (χ2n) is 5.06. The van der Waals surface area contributed by atoms with Gasteiger partial charge in [0.15, 0.2) is 0 Å². The zero-order valence-corrected chi connectivity index (χ0v) is 13.1. The van der Waals surface area contributed by atoms with Gasteiger partial charge in [-0.2, -0.15) is 0 Å². The second-order valence-corrected chi connectivity index (χ2v) is 5.06. The number of benzene rings is 1. The first kappa shape index (κ1) is 16.7. The van der Waals surface area contributed by atoms with Crippen LogP contribution in [0.1, 0.15) is 51.2 Å². The summed E-state index contributed by atoms with van der Waals surface area (Å²) >= 11 is 0. The quantitative estimate of drug-likeness (QED) is 0.677. The molecule has 3 nitrogen and oxygen atoms in total. The van der Waals surface area contributed by atoms with E-state index in [9.17, 15) is 4.79 Å². The SMILES string of the molecule is CCCCNCCC(=O)Nc1c(CC)cccc1CC. The molecule has 20 heavy (non-hydrogen) atoms. The van der Waals surface area contributed by atoms with Crippen LogP contribution in [-0.2, 0) is 17.6 Å². The fourth-order valence-corrected chi connectivity index (χ4v) is 2.23. The molecule has 0 aliphatic carbocycles. The molecule has 0 spiro atoms. The van der Waals surface area contributed by atoms with E-state index in [2.05, 4.69) is 49.6 Å². The largest absolute Gasteiger partial charge is 0.326 e. The first-order valence-electron chi connectivity index (χ1n) is 7.84. The Kier molecular flexibility index (Phi) is 7.97. The standard InChI is InChI=1S/C17H28N2O/c1-4-7-12-18-13-11-16(20)19-17-14(5-2)9-8-10-15(17)6-3/h8-10,18H,4-7,11-13H2,1-3H3,(H,19,20). The number of aryl methyl sites for hydroxylation is 2. The Morgan fingerprint density at radius 3 is 2.25 bits per heavy atom. The molecule has 1 amide bonds. The van der Waals surface area contributed by atoms with Gasteiger partial charge in [-0.05, 0) is 36.9 Å². The zero-order chi connectivity index (χ0) is 14.8. The lowest BCUT2D eigenvalue weighted by Gasteiger charge is -2.14. The third-order valence-corrected chi connectivity index (χ3v) is 3.50. The average molecular weight is 276 g/mol. The maximum atomic E-state index is 12.0. The van der Waals surface area contributed by atoms with E-state index in [0.717, 1.165) is 31.6 Å². The zero-order valence-electron chi connectivity index (χ0n) is 13.1. The molecule has 2 N–H and O–H groups in total. The van der Waals surface area contributed by atoms with Crippen molar-refractivity contribution >= 4 is 11.6 Å². The summed E-state index contributed by atoms with van der Waals surface area (Å²) in [5.41, 5.74) is 3.46.